The minimum Gasteiger partial charge on any atom is -0.494 e. The second-order valence-electron chi connectivity index (χ2n) is 10.5. The summed E-state index contributed by atoms with van der Waals surface area (Å²) in [7, 11) is 7.03. The van der Waals surface area contributed by atoms with Gasteiger partial charge in [0.05, 0.1) is 31.9 Å². The van der Waals surface area contributed by atoms with E-state index >= 15 is 0 Å². The molecule has 1 aliphatic heterocycles. The zero-order chi connectivity index (χ0) is 31.6. The van der Waals surface area contributed by atoms with Crippen LogP contribution in [0.5, 0.6) is 17.2 Å². The number of hydrogen-bond donors (Lipinski definition) is 2. The van der Waals surface area contributed by atoms with Crippen molar-refractivity contribution in [3.8, 4) is 17.2 Å². The number of amides is 3. The van der Waals surface area contributed by atoms with Gasteiger partial charge in [-0.25, -0.2) is 4.79 Å². The molecule has 4 rings (SSSR count). The number of carbonyl (C=O) groups is 4. The number of rotatable bonds is 14. The Morgan fingerprint density at radius 3 is 2.52 bits per heavy atom. The maximum atomic E-state index is 13.1. The molecule has 0 atom stereocenters. The number of carbonyl (C=O) groups excluding carboxylic acids is 4. The monoisotopic (exact) mass is 604 g/mol. The Hall–Kier alpha value is -4.84. The average Bonchev–Trinajstić information content (AvgIpc) is 3.53. The van der Waals surface area contributed by atoms with E-state index in [0.29, 0.717) is 52.3 Å². The van der Waals surface area contributed by atoms with Crippen LogP contribution in [-0.2, 0) is 20.9 Å². The molecule has 0 aliphatic carbocycles. The standard InChI is InChI=1S/C32H37N5O7/c1-36(2)14-6-16-44-22-9-10-25-24(18-22)23(12-13-33-25)31(40)35-20-29(38)37-15-5-7-26(37)30(39)32(41)34-19-21-8-11-27(42-3)28(17-21)43-4/h8-13,17-18H,5-7,14-16,19-20H2,1-4H3,(H-,34,35,40,41)/p+1. The highest BCUT2D eigenvalue weighted by Gasteiger charge is 2.37. The summed E-state index contributed by atoms with van der Waals surface area (Å²) < 4.78 is 17.6. The Balaban J connectivity index is 1.38. The zero-order valence-electron chi connectivity index (χ0n) is 25.5. The Morgan fingerprint density at radius 1 is 0.977 bits per heavy atom. The first-order chi connectivity index (χ1) is 21.2. The van der Waals surface area contributed by atoms with E-state index in [1.165, 1.54) is 25.0 Å². The summed E-state index contributed by atoms with van der Waals surface area (Å²) >= 11 is 0. The Bertz CT molecular complexity index is 1580. The van der Waals surface area contributed by atoms with E-state index in [9.17, 15) is 19.2 Å². The maximum Gasteiger partial charge on any atom is 0.406 e. The summed E-state index contributed by atoms with van der Waals surface area (Å²) in [5.41, 5.74) is 1.78. The third-order valence-electron chi connectivity index (χ3n) is 7.17. The predicted octanol–water partition coefficient (Wildman–Crippen LogP) is 1.97. The van der Waals surface area contributed by atoms with Gasteiger partial charge in [-0.1, -0.05) is 6.07 Å². The van der Waals surface area contributed by atoms with Crippen LogP contribution >= 0.6 is 0 Å². The molecule has 0 bridgehead atoms. The summed E-state index contributed by atoms with van der Waals surface area (Å²) in [6, 6.07) is 12.1. The van der Waals surface area contributed by atoms with Gasteiger partial charge in [-0.2, -0.15) is 4.58 Å². The highest BCUT2D eigenvalue weighted by molar-refractivity contribution is 6.64. The molecular formula is C32H38N5O7+. The van der Waals surface area contributed by atoms with Crippen LogP contribution in [0, 0.1) is 0 Å². The highest BCUT2D eigenvalue weighted by atomic mass is 16.5. The number of benzene rings is 2. The van der Waals surface area contributed by atoms with Crippen molar-refractivity contribution >= 4 is 40.1 Å². The minimum absolute atomic E-state index is 0.0882. The third kappa shape index (κ3) is 7.95. The van der Waals surface area contributed by atoms with Crippen LogP contribution in [-0.4, -0.2) is 98.2 Å². The van der Waals surface area contributed by atoms with Gasteiger partial charge in [0.1, 0.15) is 12.3 Å². The van der Waals surface area contributed by atoms with Gasteiger partial charge in [-0.3, -0.25) is 19.4 Å². The van der Waals surface area contributed by atoms with Gasteiger partial charge in [-0.05, 0) is 62.5 Å². The summed E-state index contributed by atoms with van der Waals surface area (Å²) in [5, 5.41) is 5.86. The third-order valence-corrected chi connectivity index (χ3v) is 7.17. The number of hydrogen-bond acceptors (Lipinski definition) is 9. The van der Waals surface area contributed by atoms with Gasteiger partial charge in [0, 0.05) is 37.5 Å². The number of methoxy groups -OCH3 is 2. The fourth-order valence-corrected chi connectivity index (χ4v) is 4.90. The number of Topliss-reactive ketones (excluding diaryl/α,β-unsaturated/α-hetero) is 1. The van der Waals surface area contributed by atoms with Crippen molar-refractivity contribution in [3.05, 3.63) is 59.8 Å². The number of ketones is 1. The molecular weight excluding hydrogens is 566 g/mol. The van der Waals surface area contributed by atoms with Crippen molar-refractivity contribution in [2.75, 3.05) is 54.6 Å². The van der Waals surface area contributed by atoms with Crippen LogP contribution in [0.4, 0.5) is 0 Å². The lowest BCUT2D eigenvalue weighted by Crippen LogP contribution is -2.41. The van der Waals surface area contributed by atoms with Gasteiger partial charge in [-0.15, -0.1) is 0 Å². The lowest BCUT2D eigenvalue weighted by Gasteiger charge is -2.12. The number of nitrogens with one attached hydrogen (secondary N) is 2. The van der Waals surface area contributed by atoms with Crippen LogP contribution in [0.2, 0.25) is 0 Å². The molecule has 12 nitrogen and oxygen atoms in total. The van der Waals surface area contributed by atoms with Crippen LogP contribution in [0.3, 0.4) is 0 Å². The second kappa shape index (κ2) is 15.1. The first-order valence-electron chi connectivity index (χ1n) is 14.4. The van der Waals surface area contributed by atoms with Crippen molar-refractivity contribution in [2.45, 2.75) is 25.8 Å². The van der Waals surface area contributed by atoms with Crippen molar-refractivity contribution < 1.29 is 38.0 Å². The molecule has 0 fully saturated rings. The summed E-state index contributed by atoms with van der Waals surface area (Å²) in [4.78, 5) is 58.3. The molecule has 12 heteroatoms. The maximum absolute atomic E-state index is 13.1. The molecule has 0 saturated carbocycles. The number of nitrogens with zero attached hydrogens (tertiary/aromatic N) is 3. The molecule has 2 heterocycles. The van der Waals surface area contributed by atoms with E-state index in [2.05, 4.69) is 20.5 Å². The molecule has 2 aromatic carbocycles. The summed E-state index contributed by atoms with van der Waals surface area (Å²) in [5.74, 6) is -0.872. The second-order valence-corrected chi connectivity index (χ2v) is 10.5. The highest BCUT2D eigenvalue weighted by Crippen LogP contribution is 2.27. The van der Waals surface area contributed by atoms with Gasteiger partial charge >= 0.3 is 11.7 Å². The molecule has 44 heavy (non-hydrogen) atoms. The van der Waals surface area contributed by atoms with E-state index < -0.39 is 23.5 Å². The molecule has 0 unspecified atom stereocenters. The van der Waals surface area contributed by atoms with E-state index in [-0.39, 0.29) is 31.8 Å². The molecule has 1 aromatic heterocycles. The van der Waals surface area contributed by atoms with Crippen molar-refractivity contribution in [1.29, 1.82) is 0 Å². The van der Waals surface area contributed by atoms with E-state index in [4.69, 9.17) is 14.2 Å². The zero-order valence-corrected chi connectivity index (χ0v) is 25.5. The molecule has 3 amide bonds. The molecule has 0 radical (unpaired) electrons. The number of ether oxygens (including phenoxy) is 3. The van der Waals surface area contributed by atoms with Crippen LogP contribution in [0.15, 0.2) is 48.7 Å². The van der Waals surface area contributed by atoms with Gasteiger partial charge in [0.25, 0.3) is 11.8 Å². The first kappa shape index (κ1) is 32.1. The van der Waals surface area contributed by atoms with Crippen molar-refractivity contribution in [1.82, 2.24) is 20.5 Å². The van der Waals surface area contributed by atoms with Crippen molar-refractivity contribution in [3.63, 3.8) is 0 Å². The molecule has 232 valence electrons. The van der Waals surface area contributed by atoms with Crippen LogP contribution in [0.25, 0.3) is 10.9 Å². The SMILES string of the molecule is COc1ccc(CNC(=O)C(=O)C2=[N+](C(=O)CNC(=O)c3ccnc4ccc(OCCCN(C)C)cc34)CCC2)cc1OC. The summed E-state index contributed by atoms with van der Waals surface area (Å²) in [6.07, 6.45) is 3.21. The first-order valence-corrected chi connectivity index (χ1v) is 14.4. The fraction of sp³-hybridized carbons (Fsp3) is 0.375. The Morgan fingerprint density at radius 2 is 1.77 bits per heavy atom. The molecule has 0 saturated heterocycles. The Labute approximate surface area is 256 Å². The molecule has 1 aliphatic rings. The number of pyridine rings is 1. The van der Waals surface area contributed by atoms with Gasteiger partial charge in [0.2, 0.25) is 5.71 Å². The smallest absolute Gasteiger partial charge is 0.406 e. The largest absolute Gasteiger partial charge is 0.494 e. The van der Waals surface area contributed by atoms with Crippen LogP contribution < -0.4 is 24.8 Å². The lowest BCUT2D eigenvalue weighted by atomic mass is 10.1. The van der Waals surface area contributed by atoms with E-state index in [1.807, 2.05) is 20.2 Å². The van der Waals surface area contributed by atoms with E-state index in [0.717, 1.165) is 13.0 Å². The quantitative estimate of drug-likeness (QED) is 0.161. The average molecular weight is 605 g/mol. The fourth-order valence-electron chi connectivity index (χ4n) is 4.90. The summed E-state index contributed by atoms with van der Waals surface area (Å²) in [6.45, 7) is 1.45. The van der Waals surface area contributed by atoms with Crippen molar-refractivity contribution in [2.24, 2.45) is 0 Å². The normalized spacial score (nSPS) is 12.8. The van der Waals surface area contributed by atoms with Gasteiger partial charge in [0.15, 0.2) is 18.0 Å². The van der Waals surface area contributed by atoms with Gasteiger partial charge < -0.3 is 29.7 Å². The van der Waals surface area contributed by atoms with E-state index in [1.54, 1.807) is 36.4 Å². The number of aromatic nitrogens is 1. The van der Waals surface area contributed by atoms with Crippen LogP contribution in [0.1, 0.15) is 35.2 Å². The minimum atomic E-state index is -0.818. The Kier molecular flexibility index (Phi) is 11.0. The molecule has 0 spiro atoms. The lowest BCUT2D eigenvalue weighted by molar-refractivity contribution is -0.439. The molecule has 3 aromatic rings. The molecule has 2 N–H and O–H groups in total. The predicted molar refractivity (Wildman–Crippen MR) is 164 cm³/mol. The topological polar surface area (TPSA) is 139 Å². The number of fused-ring (bicyclic) bond motifs is 1.